The molecule has 0 aliphatic heterocycles. The van der Waals surface area contributed by atoms with Gasteiger partial charge in [0.1, 0.15) is 0 Å². The maximum atomic E-state index is 5.65. The third-order valence-corrected chi connectivity index (χ3v) is 3.46. The molecular weight excluding hydrogens is 202 g/mol. The Bertz CT molecular complexity index is 158. The monoisotopic (exact) mass is 229 g/mol. The van der Waals surface area contributed by atoms with E-state index in [0.29, 0.717) is 6.04 Å². The fourth-order valence-electron chi connectivity index (χ4n) is 2.46. The van der Waals surface area contributed by atoms with E-state index in [2.05, 4.69) is 5.32 Å². The molecule has 1 saturated carbocycles. The second-order valence-corrected chi connectivity index (χ2v) is 4.57. The van der Waals surface area contributed by atoms with Crippen molar-refractivity contribution in [3.63, 3.8) is 0 Å². The average molecular weight is 229 g/mol. The quantitative estimate of drug-likeness (QED) is 0.647. The summed E-state index contributed by atoms with van der Waals surface area (Å²) in [5, 5.41) is 3.40. The summed E-state index contributed by atoms with van der Waals surface area (Å²) in [6.07, 6.45) is 6.92. The summed E-state index contributed by atoms with van der Waals surface area (Å²) in [6, 6.07) is 0.530. The standard InChI is InChI=1S/C13H27NO2/c1-3-15-9-10-16-11-13(14-2)12-7-5-4-6-8-12/h12-14H,3-11H2,1-2H3. The van der Waals surface area contributed by atoms with Crippen LogP contribution in [0, 0.1) is 5.92 Å². The Morgan fingerprint density at radius 2 is 1.81 bits per heavy atom. The summed E-state index contributed by atoms with van der Waals surface area (Å²) in [6.45, 7) is 5.06. The van der Waals surface area contributed by atoms with E-state index in [4.69, 9.17) is 9.47 Å². The largest absolute Gasteiger partial charge is 0.379 e. The molecule has 96 valence electrons. The van der Waals surface area contributed by atoms with Gasteiger partial charge in [-0.25, -0.2) is 0 Å². The summed E-state index contributed by atoms with van der Waals surface area (Å²) < 4.78 is 10.9. The van der Waals surface area contributed by atoms with Crippen molar-refractivity contribution >= 4 is 0 Å². The van der Waals surface area contributed by atoms with Gasteiger partial charge in [-0.15, -0.1) is 0 Å². The molecule has 1 fully saturated rings. The maximum absolute atomic E-state index is 5.65. The molecule has 0 amide bonds. The van der Waals surface area contributed by atoms with E-state index in [-0.39, 0.29) is 0 Å². The summed E-state index contributed by atoms with van der Waals surface area (Å²) in [5.41, 5.74) is 0. The van der Waals surface area contributed by atoms with Gasteiger partial charge in [0, 0.05) is 12.6 Å². The normalized spacial score (nSPS) is 19.9. The lowest BCUT2D eigenvalue weighted by atomic mass is 9.84. The van der Waals surface area contributed by atoms with Crippen LogP contribution in [0.3, 0.4) is 0 Å². The van der Waals surface area contributed by atoms with Crippen LogP contribution in [0.4, 0.5) is 0 Å². The predicted octanol–water partition coefficient (Wildman–Crippen LogP) is 2.21. The highest BCUT2D eigenvalue weighted by atomic mass is 16.5. The molecule has 3 heteroatoms. The highest BCUT2D eigenvalue weighted by molar-refractivity contribution is 4.77. The van der Waals surface area contributed by atoms with Crippen molar-refractivity contribution in [2.45, 2.75) is 45.1 Å². The SMILES string of the molecule is CCOCCOCC(NC)C1CCCCC1. The molecule has 0 radical (unpaired) electrons. The maximum Gasteiger partial charge on any atom is 0.0701 e. The molecule has 1 aliphatic carbocycles. The number of ether oxygens (including phenoxy) is 2. The Kier molecular flexibility index (Phi) is 7.81. The van der Waals surface area contributed by atoms with Crippen molar-refractivity contribution in [3.05, 3.63) is 0 Å². The lowest BCUT2D eigenvalue weighted by Crippen LogP contribution is -2.39. The van der Waals surface area contributed by atoms with Crippen LogP contribution in [-0.2, 0) is 9.47 Å². The van der Waals surface area contributed by atoms with Crippen LogP contribution in [-0.4, -0.2) is 39.5 Å². The summed E-state index contributed by atoms with van der Waals surface area (Å²) in [4.78, 5) is 0. The zero-order chi connectivity index (χ0) is 11.6. The molecule has 1 rings (SSSR count). The van der Waals surface area contributed by atoms with Crippen molar-refractivity contribution in [3.8, 4) is 0 Å². The van der Waals surface area contributed by atoms with Gasteiger partial charge in [0.05, 0.1) is 19.8 Å². The third kappa shape index (κ3) is 5.28. The Morgan fingerprint density at radius 3 is 2.44 bits per heavy atom. The molecular formula is C13H27NO2. The fourth-order valence-corrected chi connectivity index (χ4v) is 2.46. The summed E-state index contributed by atoms with van der Waals surface area (Å²) in [7, 11) is 2.05. The van der Waals surface area contributed by atoms with Crippen LogP contribution in [0.15, 0.2) is 0 Å². The number of likely N-dealkylation sites (N-methyl/N-ethyl adjacent to an activating group) is 1. The van der Waals surface area contributed by atoms with Crippen LogP contribution in [0.5, 0.6) is 0 Å². The highest BCUT2D eigenvalue weighted by Gasteiger charge is 2.22. The lowest BCUT2D eigenvalue weighted by Gasteiger charge is -2.29. The molecule has 0 heterocycles. The summed E-state index contributed by atoms with van der Waals surface area (Å²) in [5.74, 6) is 0.811. The first-order valence-electron chi connectivity index (χ1n) is 6.71. The van der Waals surface area contributed by atoms with Gasteiger partial charge >= 0.3 is 0 Å². The van der Waals surface area contributed by atoms with Gasteiger partial charge in [0.15, 0.2) is 0 Å². The van der Waals surface area contributed by atoms with Gasteiger partial charge in [0.25, 0.3) is 0 Å². The van der Waals surface area contributed by atoms with Gasteiger partial charge < -0.3 is 14.8 Å². The van der Waals surface area contributed by atoms with Crippen LogP contribution in [0.25, 0.3) is 0 Å². The van der Waals surface area contributed by atoms with Gasteiger partial charge in [-0.2, -0.15) is 0 Å². The molecule has 1 atom stereocenters. The summed E-state index contributed by atoms with van der Waals surface area (Å²) >= 11 is 0. The minimum absolute atomic E-state index is 0.530. The van der Waals surface area contributed by atoms with Crippen molar-refractivity contribution in [2.24, 2.45) is 5.92 Å². The second kappa shape index (κ2) is 8.97. The molecule has 0 bridgehead atoms. The van der Waals surface area contributed by atoms with Crippen LogP contribution in [0.2, 0.25) is 0 Å². The fraction of sp³-hybridized carbons (Fsp3) is 1.00. The van der Waals surface area contributed by atoms with Gasteiger partial charge in [-0.3, -0.25) is 0 Å². The van der Waals surface area contributed by atoms with Gasteiger partial charge in [0.2, 0.25) is 0 Å². The Labute approximate surface area is 99.9 Å². The molecule has 0 aromatic carbocycles. The van der Waals surface area contributed by atoms with Crippen molar-refractivity contribution < 1.29 is 9.47 Å². The minimum atomic E-state index is 0.530. The van der Waals surface area contributed by atoms with E-state index < -0.39 is 0 Å². The molecule has 3 nitrogen and oxygen atoms in total. The average Bonchev–Trinajstić information content (AvgIpc) is 2.35. The minimum Gasteiger partial charge on any atom is -0.379 e. The third-order valence-electron chi connectivity index (χ3n) is 3.46. The smallest absolute Gasteiger partial charge is 0.0701 e. The van der Waals surface area contributed by atoms with E-state index >= 15 is 0 Å². The Hall–Kier alpha value is -0.120. The zero-order valence-electron chi connectivity index (χ0n) is 10.8. The molecule has 0 saturated heterocycles. The molecule has 0 aromatic rings. The highest BCUT2D eigenvalue weighted by Crippen LogP contribution is 2.26. The van der Waals surface area contributed by atoms with Gasteiger partial charge in [-0.1, -0.05) is 19.3 Å². The molecule has 1 N–H and O–H groups in total. The first-order valence-corrected chi connectivity index (χ1v) is 6.71. The van der Waals surface area contributed by atoms with Gasteiger partial charge in [-0.05, 0) is 32.7 Å². The van der Waals surface area contributed by atoms with Crippen molar-refractivity contribution in [1.82, 2.24) is 5.32 Å². The zero-order valence-corrected chi connectivity index (χ0v) is 10.8. The van der Waals surface area contributed by atoms with Crippen molar-refractivity contribution in [1.29, 1.82) is 0 Å². The Balaban J connectivity index is 2.10. The molecule has 0 spiro atoms. The van der Waals surface area contributed by atoms with Crippen LogP contribution in [0.1, 0.15) is 39.0 Å². The number of rotatable bonds is 8. The van der Waals surface area contributed by atoms with E-state index in [1.165, 1.54) is 32.1 Å². The molecule has 0 aromatic heterocycles. The van der Waals surface area contributed by atoms with E-state index in [9.17, 15) is 0 Å². The predicted molar refractivity (Wildman–Crippen MR) is 66.7 cm³/mol. The molecule has 1 aliphatic rings. The van der Waals surface area contributed by atoms with Crippen molar-refractivity contribution in [2.75, 3.05) is 33.5 Å². The Morgan fingerprint density at radius 1 is 1.12 bits per heavy atom. The second-order valence-electron chi connectivity index (χ2n) is 4.57. The number of hydrogen-bond acceptors (Lipinski definition) is 3. The molecule has 1 unspecified atom stereocenters. The topological polar surface area (TPSA) is 30.5 Å². The number of hydrogen-bond donors (Lipinski definition) is 1. The lowest BCUT2D eigenvalue weighted by molar-refractivity contribution is 0.0340. The van der Waals surface area contributed by atoms with E-state index in [1.807, 2.05) is 14.0 Å². The van der Waals surface area contributed by atoms with E-state index in [0.717, 1.165) is 32.3 Å². The number of nitrogens with one attached hydrogen (secondary N) is 1. The van der Waals surface area contributed by atoms with E-state index in [1.54, 1.807) is 0 Å². The molecule has 16 heavy (non-hydrogen) atoms. The van der Waals surface area contributed by atoms with Crippen LogP contribution < -0.4 is 5.32 Å². The van der Waals surface area contributed by atoms with Crippen LogP contribution >= 0.6 is 0 Å². The first-order chi connectivity index (χ1) is 7.88. The first kappa shape index (κ1) is 13.9.